The first-order valence-corrected chi connectivity index (χ1v) is 6.77. The number of hydrogen-bond donors (Lipinski definition) is 2. The Morgan fingerprint density at radius 2 is 1.90 bits per heavy atom. The Bertz CT molecular complexity index is 417. The van der Waals surface area contributed by atoms with Crippen LogP contribution in [0.4, 0.5) is 4.79 Å². The molecule has 1 aliphatic rings. The number of benzene rings is 1. The van der Waals surface area contributed by atoms with Crippen molar-refractivity contribution >= 4 is 6.09 Å². The van der Waals surface area contributed by atoms with Gasteiger partial charge in [0.1, 0.15) is 6.61 Å². The fourth-order valence-electron chi connectivity index (χ4n) is 2.21. The first-order chi connectivity index (χ1) is 9.65. The molecule has 0 spiro atoms. The van der Waals surface area contributed by atoms with Gasteiger partial charge in [0.05, 0.1) is 6.10 Å². The highest BCUT2D eigenvalue weighted by Gasteiger charge is 2.24. The molecule has 1 aromatic rings. The third kappa shape index (κ3) is 4.48. The first kappa shape index (κ1) is 14.8. The molecule has 20 heavy (non-hydrogen) atoms. The van der Waals surface area contributed by atoms with Crippen LogP contribution in [-0.2, 0) is 16.1 Å². The number of nitrogens with two attached hydrogens (primary N) is 2. The molecule has 1 heterocycles. The Morgan fingerprint density at radius 1 is 1.25 bits per heavy atom. The van der Waals surface area contributed by atoms with Gasteiger partial charge in [0.2, 0.25) is 0 Å². The number of carbonyl (C=O) groups excluding carboxylic acids is 1. The zero-order valence-corrected chi connectivity index (χ0v) is 11.4. The van der Waals surface area contributed by atoms with Gasteiger partial charge >= 0.3 is 6.09 Å². The van der Waals surface area contributed by atoms with Crippen LogP contribution >= 0.6 is 0 Å². The van der Waals surface area contributed by atoms with E-state index < -0.39 is 6.35 Å². The second kappa shape index (κ2) is 7.23. The van der Waals surface area contributed by atoms with Crippen molar-refractivity contribution in [2.45, 2.75) is 31.9 Å². The summed E-state index contributed by atoms with van der Waals surface area (Å²) >= 11 is 0. The van der Waals surface area contributed by atoms with Crippen LogP contribution in [0.5, 0.6) is 0 Å². The van der Waals surface area contributed by atoms with Crippen LogP contribution in [-0.4, -0.2) is 36.5 Å². The van der Waals surface area contributed by atoms with Gasteiger partial charge in [-0.15, -0.1) is 0 Å². The molecule has 6 heteroatoms. The predicted octanol–water partition coefficient (Wildman–Crippen LogP) is 1.01. The molecule has 6 nitrogen and oxygen atoms in total. The van der Waals surface area contributed by atoms with Crippen LogP contribution in [0.15, 0.2) is 30.3 Å². The number of carbonyl (C=O) groups is 1. The van der Waals surface area contributed by atoms with Crippen molar-refractivity contribution in [3.05, 3.63) is 35.9 Å². The summed E-state index contributed by atoms with van der Waals surface area (Å²) < 4.78 is 10.6. The molecule has 1 fully saturated rings. The Morgan fingerprint density at radius 3 is 2.50 bits per heavy atom. The van der Waals surface area contributed by atoms with Crippen LogP contribution in [0.1, 0.15) is 18.4 Å². The average Bonchev–Trinajstić information content (AvgIpc) is 2.46. The molecular formula is C14H21N3O3. The molecule has 1 saturated heterocycles. The van der Waals surface area contributed by atoms with Gasteiger partial charge in [-0.05, 0) is 18.4 Å². The van der Waals surface area contributed by atoms with E-state index in [1.54, 1.807) is 4.90 Å². The lowest BCUT2D eigenvalue weighted by Crippen LogP contribution is -2.45. The Hall–Kier alpha value is -1.63. The summed E-state index contributed by atoms with van der Waals surface area (Å²) in [4.78, 5) is 13.6. The Labute approximate surface area is 118 Å². The van der Waals surface area contributed by atoms with Crippen molar-refractivity contribution in [1.29, 1.82) is 0 Å². The van der Waals surface area contributed by atoms with Gasteiger partial charge in [-0.1, -0.05) is 30.3 Å². The van der Waals surface area contributed by atoms with E-state index in [2.05, 4.69) is 0 Å². The van der Waals surface area contributed by atoms with Crippen molar-refractivity contribution in [2.75, 3.05) is 13.1 Å². The summed E-state index contributed by atoms with van der Waals surface area (Å²) in [5, 5.41) is 0. The summed E-state index contributed by atoms with van der Waals surface area (Å²) in [6.45, 7) is 1.50. The molecule has 1 aliphatic heterocycles. The summed E-state index contributed by atoms with van der Waals surface area (Å²) in [6.07, 6.45) is 0.436. The van der Waals surface area contributed by atoms with E-state index >= 15 is 0 Å². The van der Waals surface area contributed by atoms with E-state index in [0.717, 1.165) is 18.4 Å². The average molecular weight is 279 g/mol. The second-order valence-corrected chi connectivity index (χ2v) is 4.83. The SMILES string of the molecule is NC(N)OC1CCN(C(=O)OCc2ccccc2)CC1. The molecule has 2 rings (SSSR count). The molecule has 0 atom stereocenters. The number of likely N-dealkylation sites (tertiary alicyclic amines) is 1. The molecule has 0 aromatic heterocycles. The van der Waals surface area contributed by atoms with E-state index in [0.29, 0.717) is 19.7 Å². The normalized spacial score (nSPS) is 16.4. The molecule has 4 N–H and O–H groups in total. The van der Waals surface area contributed by atoms with E-state index in [9.17, 15) is 4.79 Å². The van der Waals surface area contributed by atoms with E-state index in [1.807, 2.05) is 30.3 Å². The molecule has 0 radical (unpaired) electrons. The topological polar surface area (TPSA) is 90.8 Å². The Kier molecular flexibility index (Phi) is 5.34. The summed E-state index contributed by atoms with van der Waals surface area (Å²) in [5.74, 6) is 0. The molecule has 1 amide bonds. The van der Waals surface area contributed by atoms with Gasteiger partial charge in [-0.3, -0.25) is 11.5 Å². The zero-order valence-electron chi connectivity index (χ0n) is 11.4. The monoisotopic (exact) mass is 279 g/mol. The fourth-order valence-corrected chi connectivity index (χ4v) is 2.21. The number of amides is 1. The molecule has 0 unspecified atom stereocenters. The Balaban J connectivity index is 1.72. The second-order valence-electron chi connectivity index (χ2n) is 4.83. The summed E-state index contributed by atoms with van der Waals surface area (Å²) in [6, 6.07) is 9.62. The number of ether oxygens (including phenoxy) is 2. The minimum atomic E-state index is -0.753. The minimum Gasteiger partial charge on any atom is -0.445 e. The van der Waals surface area contributed by atoms with Gasteiger partial charge in [0.15, 0.2) is 6.35 Å². The molecule has 1 aromatic carbocycles. The summed E-state index contributed by atoms with van der Waals surface area (Å²) in [7, 11) is 0. The van der Waals surface area contributed by atoms with Gasteiger partial charge in [-0.25, -0.2) is 4.79 Å². The quantitative estimate of drug-likeness (QED) is 0.803. The third-order valence-corrected chi connectivity index (χ3v) is 3.25. The van der Waals surface area contributed by atoms with Crippen LogP contribution in [0.3, 0.4) is 0 Å². The number of rotatable bonds is 4. The van der Waals surface area contributed by atoms with Crippen LogP contribution in [0, 0.1) is 0 Å². The maximum atomic E-state index is 11.9. The zero-order chi connectivity index (χ0) is 14.4. The lowest BCUT2D eigenvalue weighted by atomic mass is 10.1. The highest BCUT2D eigenvalue weighted by molar-refractivity contribution is 5.67. The molecule has 110 valence electrons. The van der Waals surface area contributed by atoms with Gasteiger partial charge in [0.25, 0.3) is 0 Å². The smallest absolute Gasteiger partial charge is 0.410 e. The van der Waals surface area contributed by atoms with E-state index in [4.69, 9.17) is 20.9 Å². The van der Waals surface area contributed by atoms with Crippen molar-refractivity contribution in [3.8, 4) is 0 Å². The lowest BCUT2D eigenvalue weighted by Gasteiger charge is -2.31. The predicted molar refractivity (Wildman–Crippen MR) is 74.5 cm³/mol. The minimum absolute atomic E-state index is 0.0215. The summed E-state index contributed by atoms with van der Waals surface area (Å²) in [5.41, 5.74) is 11.7. The molecular weight excluding hydrogens is 258 g/mol. The van der Waals surface area contributed by atoms with Crippen molar-refractivity contribution in [1.82, 2.24) is 4.90 Å². The van der Waals surface area contributed by atoms with Crippen molar-refractivity contribution < 1.29 is 14.3 Å². The van der Waals surface area contributed by atoms with Gasteiger partial charge in [0, 0.05) is 13.1 Å². The van der Waals surface area contributed by atoms with Crippen LogP contribution in [0.25, 0.3) is 0 Å². The van der Waals surface area contributed by atoms with E-state index in [1.165, 1.54) is 0 Å². The van der Waals surface area contributed by atoms with Crippen molar-refractivity contribution in [3.63, 3.8) is 0 Å². The van der Waals surface area contributed by atoms with Gasteiger partial charge < -0.3 is 14.4 Å². The molecule has 0 saturated carbocycles. The maximum Gasteiger partial charge on any atom is 0.410 e. The molecule has 0 bridgehead atoms. The van der Waals surface area contributed by atoms with Gasteiger partial charge in [-0.2, -0.15) is 0 Å². The number of nitrogens with zero attached hydrogens (tertiary/aromatic N) is 1. The first-order valence-electron chi connectivity index (χ1n) is 6.77. The third-order valence-electron chi connectivity index (χ3n) is 3.25. The van der Waals surface area contributed by atoms with Crippen LogP contribution in [0.2, 0.25) is 0 Å². The highest BCUT2D eigenvalue weighted by atomic mass is 16.6. The standard InChI is InChI=1S/C14H21N3O3/c15-13(16)20-12-6-8-17(9-7-12)14(18)19-10-11-4-2-1-3-5-11/h1-5,12-13H,6-10,15-16H2. The number of hydrogen-bond acceptors (Lipinski definition) is 5. The fraction of sp³-hybridized carbons (Fsp3) is 0.500. The van der Waals surface area contributed by atoms with Crippen LogP contribution < -0.4 is 11.5 Å². The number of piperidine rings is 1. The van der Waals surface area contributed by atoms with Crippen molar-refractivity contribution in [2.24, 2.45) is 11.5 Å². The van der Waals surface area contributed by atoms with E-state index in [-0.39, 0.29) is 12.2 Å². The highest BCUT2D eigenvalue weighted by Crippen LogP contribution is 2.15. The largest absolute Gasteiger partial charge is 0.445 e. The lowest BCUT2D eigenvalue weighted by molar-refractivity contribution is -0.0361. The molecule has 0 aliphatic carbocycles. The maximum absolute atomic E-state index is 11.9.